The Morgan fingerprint density at radius 1 is 1.09 bits per heavy atom. The second-order valence-electron chi connectivity index (χ2n) is 4.52. The third-order valence-electron chi connectivity index (χ3n) is 2.82. The molecule has 3 N–H and O–H groups in total. The smallest absolute Gasteiger partial charge is 0.255 e. The van der Waals surface area contributed by atoms with Crippen molar-refractivity contribution in [2.24, 2.45) is 0 Å². The van der Waals surface area contributed by atoms with Crippen molar-refractivity contribution in [3.63, 3.8) is 0 Å². The molecule has 2 amide bonds. The van der Waals surface area contributed by atoms with Gasteiger partial charge in [-0.05, 0) is 30.3 Å². The van der Waals surface area contributed by atoms with Crippen LogP contribution in [0.3, 0.4) is 0 Å². The molecule has 5 nitrogen and oxygen atoms in total. The van der Waals surface area contributed by atoms with Crippen LogP contribution in [0.25, 0.3) is 0 Å². The van der Waals surface area contributed by atoms with Gasteiger partial charge in [0.05, 0.1) is 12.1 Å². The van der Waals surface area contributed by atoms with E-state index in [-0.39, 0.29) is 22.0 Å². The first-order valence-electron chi connectivity index (χ1n) is 6.38. The van der Waals surface area contributed by atoms with Crippen LogP contribution in [0.5, 0.6) is 5.75 Å². The third kappa shape index (κ3) is 4.40. The number of hydrogen-bond donors (Lipinski definition) is 3. The van der Waals surface area contributed by atoms with Crippen LogP contribution < -0.4 is 10.6 Å². The zero-order chi connectivity index (χ0) is 17.0. The molecule has 0 aliphatic rings. The fourth-order valence-electron chi connectivity index (χ4n) is 1.73. The number of anilines is 1. The minimum atomic E-state index is -1.10. The topological polar surface area (TPSA) is 78.4 Å². The van der Waals surface area contributed by atoms with E-state index >= 15 is 0 Å². The summed E-state index contributed by atoms with van der Waals surface area (Å²) in [5.74, 6) is -3.78. The summed E-state index contributed by atoms with van der Waals surface area (Å²) in [5.41, 5.74) is 0.00696. The quantitative estimate of drug-likeness (QED) is 0.800. The van der Waals surface area contributed by atoms with Crippen molar-refractivity contribution in [1.82, 2.24) is 5.32 Å². The van der Waals surface area contributed by atoms with Crippen LogP contribution in [-0.4, -0.2) is 23.5 Å². The highest BCUT2D eigenvalue weighted by atomic mass is 35.5. The van der Waals surface area contributed by atoms with E-state index in [2.05, 4.69) is 10.6 Å². The van der Waals surface area contributed by atoms with Crippen LogP contribution in [-0.2, 0) is 4.79 Å². The molecule has 2 aromatic carbocycles. The average Bonchev–Trinajstić information content (AvgIpc) is 2.48. The zero-order valence-corrected chi connectivity index (χ0v) is 12.3. The van der Waals surface area contributed by atoms with Crippen molar-refractivity contribution in [2.75, 3.05) is 11.9 Å². The molecule has 8 heteroatoms. The lowest BCUT2D eigenvalue weighted by atomic mass is 10.2. The lowest BCUT2D eigenvalue weighted by Gasteiger charge is -2.08. The van der Waals surface area contributed by atoms with Gasteiger partial charge in [0.2, 0.25) is 5.91 Å². The normalized spacial score (nSPS) is 10.2. The van der Waals surface area contributed by atoms with Gasteiger partial charge in [0.1, 0.15) is 5.75 Å². The van der Waals surface area contributed by atoms with E-state index in [1.807, 2.05) is 0 Å². The summed E-state index contributed by atoms with van der Waals surface area (Å²) in [6, 6.07) is 6.79. The maximum Gasteiger partial charge on any atom is 0.255 e. The first-order valence-corrected chi connectivity index (χ1v) is 6.76. The second-order valence-corrected chi connectivity index (χ2v) is 4.96. The number of hydrogen-bond acceptors (Lipinski definition) is 3. The molecule has 0 bridgehead atoms. The molecule has 0 atom stereocenters. The number of carbonyl (C=O) groups excluding carboxylic acids is 2. The second kappa shape index (κ2) is 7.06. The van der Waals surface area contributed by atoms with Crippen molar-refractivity contribution in [1.29, 1.82) is 0 Å². The van der Waals surface area contributed by atoms with E-state index in [4.69, 9.17) is 11.6 Å². The van der Waals surface area contributed by atoms with Gasteiger partial charge >= 0.3 is 0 Å². The van der Waals surface area contributed by atoms with E-state index < -0.39 is 30.0 Å². The molecule has 0 aromatic heterocycles. The number of nitrogens with one attached hydrogen (secondary N) is 2. The molecule has 2 aromatic rings. The van der Waals surface area contributed by atoms with Crippen LogP contribution in [0.2, 0.25) is 5.02 Å². The van der Waals surface area contributed by atoms with Gasteiger partial charge in [-0.15, -0.1) is 0 Å². The Balaban J connectivity index is 1.93. The SMILES string of the molecule is O=C(CNC(=O)c1ccc(Cl)cc1O)Nc1ccc(F)c(F)c1. The van der Waals surface area contributed by atoms with Gasteiger partial charge in [-0.25, -0.2) is 8.78 Å². The molecule has 2 rings (SSSR count). The molecule has 23 heavy (non-hydrogen) atoms. The Labute approximate surface area is 134 Å². The minimum absolute atomic E-state index is 0.0463. The predicted molar refractivity (Wildman–Crippen MR) is 80.4 cm³/mol. The van der Waals surface area contributed by atoms with E-state index in [1.54, 1.807) is 0 Å². The summed E-state index contributed by atoms with van der Waals surface area (Å²) in [5, 5.41) is 14.4. The average molecular weight is 341 g/mol. The third-order valence-corrected chi connectivity index (χ3v) is 3.05. The first kappa shape index (κ1) is 16.7. The van der Waals surface area contributed by atoms with E-state index in [1.165, 1.54) is 24.3 Å². The molecular weight excluding hydrogens is 330 g/mol. The van der Waals surface area contributed by atoms with Gasteiger partial charge < -0.3 is 15.7 Å². The lowest BCUT2D eigenvalue weighted by molar-refractivity contribution is -0.115. The van der Waals surface area contributed by atoms with Crippen LogP contribution in [0.15, 0.2) is 36.4 Å². The Kier molecular flexibility index (Phi) is 5.13. The van der Waals surface area contributed by atoms with Gasteiger partial charge in [0, 0.05) is 16.8 Å². The van der Waals surface area contributed by atoms with Crippen LogP contribution in [0.4, 0.5) is 14.5 Å². The minimum Gasteiger partial charge on any atom is -0.507 e. The highest BCUT2D eigenvalue weighted by molar-refractivity contribution is 6.30. The van der Waals surface area contributed by atoms with E-state index in [0.29, 0.717) is 0 Å². The maximum atomic E-state index is 13.0. The number of carbonyl (C=O) groups is 2. The molecule has 0 aliphatic heterocycles. The molecule has 120 valence electrons. The summed E-state index contributed by atoms with van der Waals surface area (Å²) < 4.78 is 25.8. The largest absolute Gasteiger partial charge is 0.507 e. The molecule has 0 saturated carbocycles. The van der Waals surface area contributed by atoms with Crippen molar-refractivity contribution >= 4 is 29.1 Å². The number of phenolic OH excluding ortho intramolecular Hbond substituents is 1. The monoisotopic (exact) mass is 340 g/mol. The fraction of sp³-hybridized carbons (Fsp3) is 0.0667. The van der Waals surface area contributed by atoms with E-state index in [9.17, 15) is 23.5 Å². The van der Waals surface area contributed by atoms with Gasteiger partial charge in [-0.2, -0.15) is 0 Å². The number of aromatic hydroxyl groups is 1. The molecule has 0 radical (unpaired) electrons. The predicted octanol–water partition coefficient (Wildman–Crippen LogP) is 2.69. The molecule has 0 fully saturated rings. The standard InChI is InChI=1S/C15H11ClF2N2O3/c16-8-1-3-10(13(21)5-8)15(23)19-7-14(22)20-9-2-4-11(17)12(18)6-9/h1-6,21H,7H2,(H,19,23)(H,20,22). The molecule has 0 spiro atoms. The summed E-state index contributed by atoms with van der Waals surface area (Å²) in [7, 11) is 0. The van der Waals surface area contributed by atoms with Crippen LogP contribution in [0, 0.1) is 11.6 Å². The molecule has 0 saturated heterocycles. The van der Waals surface area contributed by atoms with Gasteiger partial charge in [-0.1, -0.05) is 11.6 Å². The first-order chi connectivity index (χ1) is 10.9. The highest BCUT2D eigenvalue weighted by Crippen LogP contribution is 2.21. The van der Waals surface area contributed by atoms with Crippen LogP contribution >= 0.6 is 11.6 Å². The van der Waals surface area contributed by atoms with Crippen LogP contribution in [0.1, 0.15) is 10.4 Å². The van der Waals surface area contributed by atoms with Crippen molar-refractivity contribution < 1.29 is 23.5 Å². The lowest BCUT2D eigenvalue weighted by Crippen LogP contribution is -2.32. The summed E-state index contributed by atoms with van der Waals surface area (Å²) in [6.45, 7) is -0.417. The number of benzene rings is 2. The zero-order valence-electron chi connectivity index (χ0n) is 11.6. The summed E-state index contributed by atoms with van der Waals surface area (Å²) in [4.78, 5) is 23.5. The Morgan fingerprint density at radius 3 is 2.48 bits per heavy atom. The Hall–Kier alpha value is -2.67. The van der Waals surface area contributed by atoms with Crippen molar-refractivity contribution in [3.05, 3.63) is 58.6 Å². The van der Waals surface area contributed by atoms with Gasteiger partial charge in [-0.3, -0.25) is 9.59 Å². The number of phenols is 1. The van der Waals surface area contributed by atoms with E-state index in [0.717, 1.165) is 12.1 Å². The van der Waals surface area contributed by atoms with Crippen molar-refractivity contribution in [2.45, 2.75) is 0 Å². The Morgan fingerprint density at radius 2 is 1.83 bits per heavy atom. The summed E-state index contributed by atoms with van der Waals surface area (Å²) in [6.07, 6.45) is 0. The van der Waals surface area contributed by atoms with Crippen molar-refractivity contribution in [3.8, 4) is 5.75 Å². The number of halogens is 3. The molecule has 0 heterocycles. The Bertz CT molecular complexity index is 768. The van der Waals surface area contributed by atoms with Gasteiger partial charge in [0.25, 0.3) is 5.91 Å². The molecule has 0 unspecified atom stereocenters. The number of amides is 2. The molecular formula is C15H11ClF2N2O3. The fourth-order valence-corrected chi connectivity index (χ4v) is 1.90. The number of rotatable bonds is 4. The van der Waals surface area contributed by atoms with Gasteiger partial charge in [0.15, 0.2) is 11.6 Å². The highest BCUT2D eigenvalue weighted by Gasteiger charge is 2.13. The maximum absolute atomic E-state index is 13.0. The molecule has 0 aliphatic carbocycles. The summed E-state index contributed by atoms with van der Waals surface area (Å²) >= 11 is 5.65.